The fourth-order valence-electron chi connectivity index (χ4n) is 3.92. The molecule has 2 aliphatic rings. The number of benzene rings is 1. The summed E-state index contributed by atoms with van der Waals surface area (Å²) in [7, 11) is 0. The lowest BCUT2D eigenvalue weighted by molar-refractivity contribution is 0.00678. The second-order valence-electron chi connectivity index (χ2n) is 6.85. The minimum Gasteiger partial charge on any atom is -0.390 e. The summed E-state index contributed by atoms with van der Waals surface area (Å²) in [6, 6.07) is 5.91. The fourth-order valence-corrected chi connectivity index (χ4v) is 3.92. The Morgan fingerprint density at radius 1 is 1.36 bits per heavy atom. The van der Waals surface area contributed by atoms with Crippen molar-refractivity contribution in [3.8, 4) is 0 Å². The number of aromatic nitrogens is 2. The first-order valence-electron chi connectivity index (χ1n) is 8.60. The Labute approximate surface area is 145 Å². The molecular weight excluding hydrogens is 320 g/mol. The molecule has 0 bridgehead atoms. The topological polar surface area (TPSA) is 113 Å². The number of anilines is 2. The summed E-state index contributed by atoms with van der Waals surface area (Å²) < 4.78 is 1.22. The van der Waals surface area contributed by atoms with Crippen molar-refractivity contribution in [1.29, 1.82) is 0 Å². The van der Waals surface area contributed by atoms with Crippen LogP contribution < -0.4 is 11.1 Å². The van der Waals surface area contributed by atoms with Crippen molar-refractivity contribution in [2.45, 2.75) is 44.3 Å². The molecule has 132 valence electrons. The molecule has 7 heteroatoms. The van der Waals surface area contributed by atoms with Gasteiger partial charge in [-0.1, -0.05) is 18.2 Å². The maximum absolute atomic E-state index is 13.1. The number of carbonyl (C=O) groups excluding carboxylic acids is 1. The van der Waals surface area contributed by atoms with Crippen molar-refractivity contribution < 1.29 is 15.0 Å². The van der Waals surface area contributed by atoms with E-state index in [9.17, 15) is 15.0 Å². The number of fused-ring (bicyclic) bond motifs is 2. The highest BCUT2D eigenvalue weighted by Crippen LogP contribution is 2.38. The third-order valence-corrected chi connectivity index (χ3v) is 5.29. The van der Waals surface area contributed by atoms with Crippen LogP contribution in [0.5, 0.6) is 0 Å². The van der Waals surface area contributed by atoms with Crippen LogP contribution in [-0.2, 0) is 6.42 Å². The molecule has 1 aliphatic carbocycles. The molecular formula is C18H22N4O3. The van der Waals surface area contributed by atoms with E-state index in [1.54, 1.807) is 0 Å². The SMILES string of the molecule is Cc1cccc2c1NCC[C@@H]2C(=O)n1nc2c(c1N)C(O)C(O)CC2. The van der Waals surface area contributed by atoms with E-state index in [1.807, 2.05) is 25.1 Å². The van der Waals surface area contributed by atoms with Crippen molar-refractivity contribution in [2.75, 3.05) is 17.6 Å². The molecule has 5 N–H and O–H groups in total. The third kappa shape index (κ3) is 2.42. The molecule has 2 aromatic rings. The lowest BCUT2D eigenvalue weighted by Gasteiger charge is -2.27. The van der Waals surface area contributed by atoms with Crippen molar-refractivity contribution in [2.24, 2.45) is 0 Å². The third-order valence-electron chi connectivity index (χ3n) is 5.29. The number of aliphatic hydroxyl groups excluding tert-OH is 2. The normalized spacial score (nSPS) is 25.0. The molecule has 0 saturated carbocycles. The minimum absolute atomic E-state index is 0.138. The summed E-state index contributed by atoms with van der Waals surface area (Å²) in [4.78, 5) is 13.1. The summed E-state index contributed by atoms with van der Waals surface area (Å²) in [5, 5.41) is 27.8. The molecule has 0 fully saturated rings. The zero-order chi connectivity index (χ0) is 17.7. The van der Waals surface area contributed by atoms with Gasteiger partial charge in [-0.3, -0.25) is 4.79 Å². The number of para-hydroxylation sites is 1. The Balaban J connectivity index is 1.75. The van der Waals surface area contributed by atoms with E-state index in [-0.39, 0.29) is 17.6 Å². The zero-order valence-electron chi connectivity index (χ0n) is 14.1. The fraction of sp³-hybridized carbons (Fsp3) is 0.444. The summed E-state index contributed by atoms with van der Waals surface area (Å²) in [6.07, 6.45) is -0.392. The molecule has 0 amide bonds. The molecule has 2 heterocycles. The molecule has 1 aliphatic heterocycles. The minimum atomic E-state index is -1.09. The van der Waals surface area contributed by atoms with Gasteiger partial charge in [0.2, 0.25) is 0 Å². The van der Waals surface area contributed by atoms with Crippen LogP contribution in [0.25, 0.3) is 0 Å². The monoisotopic (exact) mass is 342 g/mol. The van der Waals surface area contributed by atoms with Gasteiger partial charge < -0.3 is 21.3 Å². The molecule has 1 aromatic heterocycles. The van der Waals surface area contributed by atoms with Gasteiger partial charge in [0.25, 0.3) is 5.91 Å². The number of nitrogens with zero attached hydrogens (tertiary/aromatic N) is 2. The number of nitrogen functional groups attached to an aromatic ring is 1. The Bertz CT molecular complexity index is 845. The standard InChI is InChI=1S/C18H22N4O3/c1-9-3-2-4-10-11(7-8-20-15(9)10)18(25)22-17(19)14-12(21-22)5-6-13(23)16(14)24/h2-4,11,13,16,20,23-24H,5-8,19H2,1H3/t11-,13?,16?/m0/s1. The van der Waals surface area contributed by atoms with E-state index in [4.69, 9.17) is 5.73 Å². The van der Waals surface area contributed by atoms with Crippen molar-refractivity contribution in [3.05, 3.63) is 40.6 Å². The van der Waals surface area contributed by atoms with Crippen molar-refractivity contribution >= 4 is 17.4 Å². The van der Waals surface area contributed by atoms with Gasteiger partial charge in [-0.25, -0.2) is 0 Å². The molecule has 0 saturated heterocycles. The van der Waals surface area contributed by atoms with Crippen LogP contribution in [0.15, 0.2) is 18.2 Å². The number of nitrogens with one attached hydrogen (secondary N) is 1. The first kappa shape index (κ1) is 16.1. The van der Waals surface area contributed by atoms with Crippen molar-refractivity contribution in [1.82, 2.24) is 9.78 Å². The lowest BCUT2D eigenvalue weighted by atomic mass is 9.88. The van der Waals surface area contributed by atoms with Gasteiger partial charge in [-0.05, 0) is 37.3 Å². The van der Waals surface area contributed by atoms with E-state index in [0.29, 0.717) is 37.1 Å². The summed E-state index contributed by atoms with van der Waals surface area (Å²) in [5.74, 6) is -0.386. The number of rotatable bonds is 1. The van der Waals surface area contributed by atoms with Crippen LogP contribution in [0.3, 0.4) is 0 Å². The molecule has 3 atom stereocenters. The highest BCUT2D eigenvalue weighted by atomic mass is 16.3. The average molecular weight is 342 g/mol. The van der Waals surface area contributed by atoms with Crippen LogP contribution >= 0.6 is 0 Å². The van der Waals surface area contributed by atoms with E-state index < -0.39 is 12.2 Å². The van der Waals surface area contributed by atoms with E-state index in [0.717, 1.165) is 16.8 Å². The van der Waals surface area contributed by atoms with Crippen LogP contribution in [0.2, 0.25) is 0 Å². The van der Waals surface area contributed by atoms with Gasteiger partial charge in [0.1, 0.15) is 11.9 Å². The molecule has 4 rings (SSSR count). The zero-order valence-corrected chi connectivity index (χ0v) is 14.1. The molecule has 25 heavy (non-hydrogen) atoms. The Morgan fingerprint density at radius 2 is 2.16 bits per heavy atom. The average Bonchev–Trinajstić information content (AvgIpc) is 2.95. The van der Waals surface area contributed by atoms with Crippen LogP contribution in [0, 0.1) is 6.92 Å². The largest absolute Gasteiger partial charge is 0.390 e. The van der Waals surface area contributed by atoms with Crippen LogP contribution in [0.1, 0.15) is 52.0 Å². The summed E-state index contributed by atoms with van der Waals surface area (Å²) >= 11 is 0. The Kier molecular flexibility index (Phi) is 3.77. The van der Waals surface area contributed by atoms with Gasteiger partial charge in [0.15, 0.2) is 0 Å². The molecule has 7 nitrogen and oxygen atoms in total. The lowest BCUT2D eigenvalue weighted by Crippen LogP contribution is -2.29. The smallest absolute Gasteiger partial charge is 0.256 e. The molecule has 0 spiro atoms. The quantitative estimate of drug-likeness (QED) is 0.622. The van der Waals surface area contributed by atoms with Gasteiger partial charge >= 0.3 is 0 Å². The highest BCUT2D eigenvalue weighted by molar-refractivity contribution is 5.90. The number of hydrogen-bond donors (Lipinski definition) is 4. The van der Waals surface area contributed by atoms with Gasteiger partial charge in [-0.2, -0.15) is 9.78 Å². The first-order chi connectivity index (χ1) is 12.0. The summed E-state index contributed by atoms with van der Waals surface area (Å²) in [5.41, 5.74) is 10.2. The second-order valence-corrected chi connectivity index (χ2v) is 6.85. The van der Waals surface area contributed by atoms with Crippen LogP contribution in [0.4, 0.5) is 11.5 Å². The second kappa shape index (κ2) is 5.86. The number of aryl methyl sites for hydroxylation is 2. The Morgan fingerprint density at radius 3 is 2.96 bits per heavy atom. The van der Waals surface area contributed by atoms with E-state index >= 15 is 0 Å². The predicted molar refractivity (Wildman–Crippen MR) is 93.6 cm³/mol. The van der Waals surface area contributed by atoms with Gasteiger partial charge in [0.05, 0.1) is 17.7 Å². The highest BCUT2D eigenvalue weighted by Gasteiger charge is 2.36. The number of hydrogen-bond acceptors (Lipinski definition) is 6. The number of carbonyl (C=O) groups is 1. The number of aliphatic hydroxyl groups is 2. The first-order valence-corrected chi connectivity index (χ1v) is 8.60. The molecule has 2 unspecified atom stereocenters. The predicted octanol–water partition coefficient (Wildman–Crippen LogP) is 1.35. The number of nitrogens with two attached hydrogens (primary N) is 1. The molecule has 1 aromatic carbocycles. The maximum atomic E-state index is 13.1. The Hall–Kier alpha value is -2.38. The summed E-state index contributed by atoms with van der Waals surface area (Å²) in [6.45, 7) is 2.72. The van der Waals surface area contributed by atoms with Gasteiger partial charge in [-0.15, -0.1) is 0 Å². The van der Waals surface area contributed by atoms with Crippen LogP contribution in [-0.4, -0.2) is 38.5 Å². The van der Waals surface area contributed by atoms with Crippen molar-refractivity contribution in [3.63, 3.8) is 0 Å². The maximum Gasteiger partial charge on any atom is 0.256 e. The molecule has 0 radical (unpaired) electrons. The van der Waals surface area contributed by atoms with E-state index in [2.05, 4.69) is 10.4 Å². The van der Waals surface area contributed by atoms with Gasteiger partial charge in [0, 0.05) is 17.8 Å². The van der Waals surface area contributed by atoms with E-state index in [1.165, 1.54) is 4.68 Å².